The van der Waals surface area contributed by atoms with Gasteiger partial charge < -0.3 is 5.73 Å². The van der Waals surface area contributed by atoms with Crippen LogP contribution in [0.1, 0.15) is 47.9 Å². The largest absolute Gasteiger partial charge is 0.397 e. The van der Waals surface area contributed by atoms with Crippen LogP contribution in [0.5, 0.6) is 0 Å². The van der Waals surface area contributed by atoms with E-state index >= 15 is 0 Å². The molecule has 0 amide bonds. The average molecular weight is 370 g/mol. The quantitative estimate of drug-likeness (QED) is 0.660. The van der Waals surface area contributed by atoms with Crippen LogP contribution in [0, 0.1) is 22.7 Å². The Hall–Kier alpha value is -2.20. The highest BCUT2D eigenvalue weighted by Gasteiger charge is 2.25. The summed E-state index contributed by atoms with van der Waals surface area (Å²) in [4.78, 5) is 0. The SMILES string of the molecule is N#Cc1c(N)c(C#N)c(-c2cccc(Cl)c2Cl)c2c1CCCCCC2. The minimum atomic E-state index is 0.246. The van der Waals surface area contributed by atoms with Gasteiger partial charge in [-0.3, -0.25) is 0 Å². The lowest BCUT2D eigenvalue weighted by Crippen LogP contribution is -2.10. The average Bonchev–Trinajstić information content (AvgIpc) is 2.58. The number of hydrogen-bond acceptors (Lipinski definition) is 3. The van der Waals surface area contributed by atoms with E-state index in [0.717, 1.165) is 55.2 Å². The third-order valence-electron chi connectivity index (χ3n) is 4.80. The second kappa shape index (κ2) is 7.36. The van der Waals surface area contributed by atoms with Crippen molar-refractivity contribution in [1.82, 2.24) is 0 Å². The summed E-state index contributed by atoms with van der Waals surface area (Å²) in [5.74, 6) is 0. The molecule has 0 radical (unpaired) electrons. The van der Waals surface area contributed by atoms with Crippen LogP contribution >= 0.6 is 23.2 Å². The first kappa shape index (κ1) is 17.6. The molecular weight excluding hydrogens is 353 g/mol. The van der Waals surface area contributed by atoms with Crippen molar-refractivity contribution in [1.29, 1.82) is 10.5 Å². The highest BCUT2D eigenvalue weighted by molar-refractivity contribution is 6.43. The normalized spacial score (nSPS) is 13.9. The van der Waals surface area contributed by atoms with Gasteiger partial charge in [-0.1, -0.05) is 48.2 Å². The Morgan fingerprint density at radius 3 is 2.16 bits per heavy atom. The van der Waals surface area contributed by atoms with Crippen LogP contribution < -0.4 is 5.73 Å². The molecule has 0 aromatic heterocycles. The maximum atomic E-state index is 9.75. The van der Waals surface area contributed by atoms with Crippen molar-refractivity contribution < 1.29 is 0 Å². The van der Waals surface area contributed by atoms with Crippen LogP contribution in [0.25, 0.3) is 11.1 Å². The first-order chi connectivity index (χ1) is 12.1. The van der Waals surface area contributed by atoms with E-state index in [4.69, 9.17) is 28.9 Å². The number of nitrogens with two attached hydrogens (primary N) is 1. The lowest BCUT2D eigenvalue weighted by Gasteiger charge is -2.23. The summed E-state index contributed by atoms with van der Waals surface area (Å²) in [6, 6.07) is 9.80. The molecule has 0 bridgehead atoms. The predicted molar refractivity (Wildman–Crippen MR) is 102 cm³/mol. The summed E-state index contributed by atoms with van der Waals surface area (Å²) in [6.45, 7) is 0. The second-order valence-electron chi connectivity index (χ2n) is 6.23. The summed E-state index contributed by atoms with van der Waals surface area (Å²) in [5, 5.41) is 20.2. The number of nitrogens with zero attached hydrogens (tertiary/aromatic N) is 2. The zero-order valence-electron chi connectivity index (χ0n) is 13.7. The summed E-state index contributed by atoms with van der Waals surface area (Å²) in [6.07, 6.45) is 5.89. The van der Waals surface area contributed by atoms with Gasteiger partial charge in [0.25, 0.3) is 0 Å². The maximum Gasteiger partial charge on any atom is 0.102 e. The number of anilines is 1. The fourth-order valence-corrected chi connectivity index (χ4v) is 4.02. The molecule has 2 aromatic carbocycles. The topological polar surface area (TPSA) is 73.6 Å². The molecule has 3 rings (SSSR count). The minimum absolute atomic E-state index is 0.246. The van der Waals surface area contributed by atoms with E-state index in [1.165, 1.54) is 0 Å². The number of nitriles is 2. The van der Waals surface area contributed by atoms with E-state index in [9.17, 15) is 10.5 Å². The highest BCUT2D eigenvalue weighted by Crippen LogP contribution is 2.43. The van der Waals surface area contributed by atoms with Crippen LogP contribution in [0.3, 0.4) is 0 Å². The fraction of sp³-hybridized carbons (Fsp3) is 0.300. The van der Waals surface area contributed by atoms with E-state index in [-0.39, 0.29) is 5.69 Å². The molecule has 0 spiro atoms. The summed E-state index contributed by atoms with van der Waals surface area (Å²) in [7, 11) is 0. The standard InChI is InChI=1S/C20H17Cl2N3/c21-17-9-5-8-14(19(17)22)18-13-7-4-2-1-3-6-12(13)15(10-23)20(25)16(18)11-24/h5,8-9H,1-4,6-7,25H2. The summed E-state index contributed by atoms with van der Waals surface area (Å²) < 4.78 is 0. The molecule has 25 heavy (non-hydrogen) atoms. The predicted octanol–water partition coefficient (Wildman–Crippen LogP) is 5.64. The van der Waals surface area contributed by atoms with Gasteiger partial charge in [-0.2, -0.15) is 10.5 Å². The summed E-state index contributed by atoms with van der Waals surface area (Å²) in [5.41, 5.74) is 10.7. The molecule has 0 unspecified atom stereocenters. The molecule has 5 heteroatoms. The van der Waals surface area contributed by atoms with Gasteiger partial charge >= 0.3 is 0 Å². The maximum absolute atomic E-state index is 9.75. The molecule has 0 saturated heterocycles. The van der Waals surface area contributed by atoms with Gasteiger partial charge in [-0.05, 0) is 42.9 Å². The lowest BCUT2D eigenvalue weighted by atomic mass is 9.81. The van der Waals surface area contributed by atoms with Crippen LogP contribution in [0.15, 0.2) is 18.2 Å². The van der Waals surface area contributed by atoms with Gasteiger partial charge in [-0.15, -0.1) is 0 Å². The van der Waals surface area contributed by atoms with Gasteiger partial charge in [0, 0.05) is 11.1 Å². The third-order valence-corrected chi connectivity index (χ3v) is 5.62. The van der Waals surface area contributed by atoms with Crippen molar-refractivity contribution in [3.05, 3.63) is 50.5 Å². The first-order valence-electron chi connectivity index (χ1n) is 8.31. The zero-order valence-corrected chi connectivity index (χ0v) is 15.2. The van der Waals surface area contributed by atoms with Crippen LogP contribution in [-0.4, -0.2) is 0 Å². The molecule has 0 heterocycles. The van der Waals surface area contributed by atoms with Gasteiger partial charge in [0.15, 0.2) is 0 Å². The zero-order chi connectivity index (χ0) is 18.0. The van der Waals surface area contributed by atoms with Crippen LogP contribution in [-0.2, 0) is 12.8 Å². The summed E-state index contributed by atoms with van der Waals surface area (Å²) >= 11 is 12.7. The van der Waals surface area contributed by atoms with Gasteiger partial charge in [0.2, 0.25) is 0 Å². The van der Waals surface area contributed by atoms with Crippen molar-refractivity contribution in [2.24, 2.45) is 0 Å². The number of nitrogen functional groups attached to an aromatic ring is 1. The van der Waals surface area contributed by atoms with E-state index in [1.807, 2.05) is 12.1 Å². The highest BCUT2D eigenvalue weighted by atomic mass is 35.5. The van der Waals surface area contributed by atoms with E-state index in [2.05, 4.69) is 12.1 Å². The molecule has 1 aliphatic carbocycles. The lowest BCUT2D eigenvalue weighted by molar-refractivity contribution is 0.617. The number of benzene rings is 2. The smallest absolute Gasteiger partial charge is 0.102 e. The van der Waals surface area contributed by atoms with Crippen LogP contribution in [0.2, 0.25) is 10.0 Å². The third kappa shape index (κ3) is 3.07. The van der Waals surface area contributed by atoms with Crippen LogP contribution in [0.4, 0.5) is 5.69 Å². The Labute approximate surface area is 157 Å². The van der Waals surface area contributed by atoms with Crippen molar-refractivity contribution in [3.63, 3.8) is 0 Å². The molecule has 0 saturated carbocycles. The van der Waals surface area contributed by atoms with Crippen molar-refractivity contribution >= 4 is 28.9 Å². The molecule has 0 aliphatic heterocycles. The van der Waals surface area contributed by atoms with Gasteiger partial charge in [-0.25, -0.2) is 0 Å². The van der Waals surface area contributed by atoms with Crippen molar-refractivity contribution in [2.75, 3.05) is 5.73 Å². The molecular formula is C20H17Cl2N3. The van der Waals surface area contributed by atoms with Crippen molar-refractivity contribution in [3.8, 4) is 23.3 Å². The Balaban J connectivity index is 2.43. The first-order valence-corrected chi connectivity index (χ1v) is 9.07. The number of fused-ring (bicyclic) bond motifs is 1. The fourth-order valence-electron chi connectivity index (χ4n) is 3.62. The van der Waals surface area contributed by atoms with Crippen molar-refractivity contribution in [2.45, 2.75) is 38.5 Å². The Morgan fingerprint density at radius 1 is 0.880 bits per heavy atom. The van der Waals surface area contributed by atoms with E-state index < -0.39 is 0 Å². The molecule has 126 valence electrons. The molecule has 3 nitrogen and oxygen atoms in total. The molecule has 2 aromatic rings. The Morgan fingerprint density at radius 2 is 1.52 bits per heavy atom. The minimum Gasteiger partial charge on any atom is -0.397 e. The van der Waals surface area contributed by atoms with E-state index in [1.54, 1.807) is 6.07 Å². The number of rotatable bonds is 1. The molecule has 0 atom stereocenters. The van der Waals surface area contributed by atoms with Gasteiger partial charge in [0.1, 0.15) is 12.1 Å². The molecule has 1 aliphatic rings. The number of halogens is 2. The van der Waals surface area contributed by atoms with E-state index in [0.29, 0.717) is 26.7 Å². The molecule has 0 fully saturated rings. The number of hydrogen-bond donors (Lipinski definition) is 1. The van der Waals surface area contributed by atoms with Gasteiger partial charge in [0.05, 0.1) is 26.9 Å². The Kier molecular flexibility index (Phi) is 5.19. The monoisotopic (exact) mass is 369 g/mol. The Bertz CT molecular complexity index is 920. The second-order valence-corrected chi connectivity index (χ2v) is 7.02. The molecule has 2 N–H and O–H groups in total.